The molecule has 20 heavy (non-hydrogen) atoms. The second-order valence-electron chi connectivity index (χ2n) is 4.64. The van der Waals surface area contributed by atoms with Gasteiger partial charge in [-0.2, -0.15) is 0 Å². The van der Waals surface area contributed by atoms with E-state index in [0.717, 1.165) is 12.8 Å². The van der Waals surface area contributed by atoms with Crippen molar-refractivity contribution in [3.63, 3.8) is 0 Å². The molecule has 0 heterocycles. The number of carbonyl (C=O) groups excluding carboxylic acids is 1. The lowest BCUT2D eigenvalue weighted by Gasteiger charge is -2.19. The van der Waals surface area contributed by atoms with E-state index in [2.05, 4.69) is 19.2 Å². The maximum absolute atomic E-state index is 11.7. The van der Waals surface area contributed by atoms with Crippen LogP contribution in [0.25, 0.3) is 0 Å². The molecule has 0 spiro atoms. The Morgan fingerprint density at radius 2 is 1.85 bits per heavy atom. The van der Waals surface area contributed by atoms with E-state index in [9.17, 15) is 4.79 Å². The number of nitrogens with one attached hydrogen (secondary N) is 1. The smallest absolute Gasteiger partial charge is 0.257 e. The summed E-state index contributed by atoms with van der Waals surface area (Å²) in [5, 5.41) is 3.39. The molecule has 1 rings (SSSR count). The Kier molecular flexibility index (Phi) is 7.78. The number of hydrogen-bond acceptors (Lipinski definition) is 2. The van der Waals surface area contributed by atoms with Crippen molar-refractivity contribution in [3.05, 3.63) is 29.3 Å². The fraction of sp³-hybridized carbons (Fsp3) is 0.533. The van der Waals surface area contributed by atoms with E-state index in [4.69, 9.17) is 27.9 Å². The summed E-state index contributed by atoms with van der Waals surface area (Å²) in [7, 11) is 0. The Bertz CT molecular complexity index is 405. The Balaban J connectivity index is 2.28. The van der Waals surface area contributed by atoms with Crippen LogP contribution in [0.2, 0.25) is 5.02 Å². The van der Waals surface area contributed by atoms with Crippen LogP contribution in [0.4, 0.5) is 0 Å². The van der Waals surface area contributed by atoms with Gasteiger partial charge in [0, 0.05) is 11.6 Å². The molecule has 1 atom stereocenters. The summed E-state index contributed by atoms with van der Waals surface area (Å²) in [6, 6.07) is 6.89. The molecule has 0 radical (unpaired) electrons. The molecular formula is C15H21Cl2NO2. The third-order valence-electron chi connectivity index (χ3n) is 3.24. The Labute approximate surface area is 130 Å². The quantitative estimate of drug-likeness (QED) is 0.739. The van der Waals surface area contributed by atoms with Crippen molar-refractivity contribution in [2.45, 2.75) is 32.1 Å². The molecule has 0 saturated heterocycles. The molecule has 1 aromatic rings. The zero-order valence-electron chi connectivity index (χ0n) is 11.9. The Morgan fingerprint density at radius 3 is 2.40 bits per heavy atom. The monoisotopic (exact) mass is 317 g/mol. The number of benzene rings is 1. The second kappa shape index (κ2) is 9.09. The third-order valence-corrected chi connectivity index (χ3v) is 4.00. The minimum atomic E-state index is -0.170. The highest BCUT2D eigenvalue weighted by Crippen LogP contribution is 2.18. The average molecular weight is 318 g/mol. The number of carbonyl (C=O) groups is 1. The van der Waals surface area contributed by atoms with Gasteiger partial charge in [-0.05, 0) is 30.2 Å². The Hall–Kier alpha value is -0.930. The van der Waals surface area contributed by atoms with Crippen molar-refractivity contribution in [3.8, 4) is 5.75 Å². The molecule has 1 unspecified atom stereocenters. The van der Waals surface area contributed by atoms with E-state index in [0.29, 0.717) is 23.2 Å². The summed E-state index contributed by atoms with van der Waals surface area (Å²) in [4.78, 5) is 11.7. The van der Waals surface area contributed by atoms with Gasteiger partial charge in [0.15, 0.2) is 6.61 Å². The van der Waals surface area contributed by atoms with Crippen LogP contribution in [0.3, 0.4) is 0 Å². The zero-order valence-corrected chi connectivity index (χ0v) is 13.4. The van der Waals surface area contributed by atoms with E-state index in [1.165, 1.54) is 0 Å². The molecule has 0 aliphatic carbocycles. The van der Waals surface area contributed by atoms with Gasteiger partial charge in [-0.1, -0.05) is 38.3 Å². The van der Waals surface area contributed by atoms with Gasteiger partial charge in [0.1, 0.15) is 5.75 Å². The molecule has 5 heteroatoms. The van der Waals surface area contributed by atoms with Gasteiger partial charge in [-0.15, -0.1) is 11.6 Å². The van der Waals surface area contributed by atoms with Crippen molar-refractivity contribution < 1.29 is 9.53 Å². The molecule has 0 aromatic heterocycles. The largest absolute Gasteiger partial charge is 0.484 e. The van der Waals surface area contributed by atoms with Gasteiger partial charge in [0.2, 0.25) is 0 Å². The van der Waals surface area contributed by atoms with Crippen molar-refractivity contribution >= 4 is 29.1 Å². The minimum absolute atomic E-state index is 0.0197. The van der Waals surface area contributed by atoms with Gasteiger partial charge in [-0.3, -0.25) is 4.79 Å². The number of rotatable bonds is 8. The predicted molar refractivity (Wildman–Crippen MR) is 83.7 cm³/mol. The van der Waals surface area contributed by atoms with Crippen molar-refractivity contribution in [1.82, 2.24) is 5.32 Å². The fourth-order valence-electron chi connectivity index (χ4n) is 1.91. The molecule has 0 aliphatic rings. The van der Waals surface area contributed by atoms with E-state index >= 15 is 0 Å². The molecule has 112 valence electrons. The third kappa shape index (κ3) is 6.02. The maximum Gasteiger partial charge on any atom is 0.257 e. The van der Waals surface area contributed by atoms with E-state index in [-0.39, 0.29) is 17.9 Å². The summed E-state index contributed by atoms with van der Waals surface area (Å²) in [5.74, 6) is 0.873. The van der Waals surface area contributed by atoms with Crippen molar-refractivity contribution in [2.24, 2.45) is 5.92 Å². The topological polar surface area (TPSA) is 38.3 Å². The first-order valence-electron chi connectivity index (χ1n) is 6.85. The van der Waals surface area contributed by atoms with Crippen LogP contribution in [-0.2, 0) is 4.79 Å². The first kappa shape index (κ1) is 17.1. The summed E-state index contributed by atoms with van der Waals surface area (Å²) < 4.78 is 5.35. The first-order chi connectivity index (χ1) is 9.56. The second-order valence-corrected chi connectivity index (χ2v) is 5.64. The van der Waals surface area contributed by atoms with Crippen LogP contribution >= 0.6 is 23.2 Å². The van der Waals surface area contributed by atoms with Crippen LogP contribution in [-0.4, -0.2) is 24.4 Å². The summed E-state index contributed by atoms with van der Waals surface area (Å²) in [5.41, 5.74) is 0. The molecule has 1 aromatic carbocycles. The van der Waals surface area contributed by atoms with Gasteiger partial charge in [0.25, 0.3) is 5.91 Å². The van der Waals surface area contributed by atoms with Crippen LogP contribution < -0.4 is 10.1 Å². The number of halogens is 2. The molecule has 1 amide bonds. The summed E-state index contributed by atoms with van der Waals surface area (Å²) in [6.45, 7) is 4.66. The number of amides is 1. The Morgan fingerprint density at radius 1 is 1.25 bits per heavy atom. The van der Waals surface area contributed by atoms with Crippen LogP contribution in [0.15, 0.2) is 24.3 Å². The lowest BCUT2D eigenvalue weighted by Crippen LogP contribution is -2.36. The van der Waals surface area contributed by atoms with Gasteiger partial charge >= 0.3 is 0 Å². The highest BCUT2D eigenvalue weighted by molar-refractivity contribution is 6.30. The zero-order chi connectivity index (χ0) is 15.0. The van der Waals surface area contributed by atoms with E-state index in [1.807, 2.05) is 0 Å². The number of ether oxygens (including phenoxy) is 1. The highest BCUT2D eigenvalue weighted by atomic mass is 35.5. The van der Waals surface area contributed by atoms with Crippen LogP contribution in [0.1, 0.15) is 26.7 Å². The average Bonchev–Trinajstić information content (AvgIpc) is 2.45. The fourth-order valence-corrected chi connectivity index (χ4v) is 2.47. The van der Waals surface area contributed by atoms with Gasteiger partial charge in [0.05, 0.1) is 5.38 Å². The molecular weight excluding hydrogens is 297 g/mol. The molecule has 0 fully saturated rings. The summed E-state index contributed by atoms with van der Waals surface area (Å²) in [6.07, 6.45) is 2.03. The van der Waals surface area contributed by atoms with Crippen LogP contribution in [0, 0.1) is 5.92 Å². The SMILES string of the molecule is CCC(CC)C(Cl)CNC(=O)COc1ccc(Cl)cc1. The number of hydrogen-bond donors (Lipinski definition) is 1. The molecule has 0 aliphatic heterocycles. The number of alkyl halides is 1. The lowest BCUT2D eigenvalue weighted by atomic mass is 9.99. The lowest BCUT2D eigenvalue weighted by molar-refractivity contribution is -0.123. The van der Waals surface area contributed by atoms with E-state index < -0.39 is 0 Å². The molecule has 1 N–H and O–H groups in total. The normalized spacial score (nSPS) is 12.2. The molecule has 3 nitrogen and oxygen atoms in total. The highest BCUT2D eigenvalue weighted by Gasteiger charge is 2.16. The van der Waals surface area contributed by atoms with Crippen molar-refractivity contribution in [2.75, 3.05) is 13.2 Å². The maximum atomic E-state index is 11.7. The van der Waals surface area contributed by atoms with Crippen molar-refractivity contribution in [1.29, 1.82) is 0 Å². The van der Waals surface area contributed by atoms with Crippen LogP contribution in [0.5, 0.6) is 5.75 Å². The van der Waals surface area contributed by atoms with E-state index in [1.54, 1.807) is 24.3 Å². The minimum Gasteiger partial charge on any atom is -0.484 e. The molecule has 0 saturated carbocycles. The van der Waals surface area contributed by atoms with Gasteiger partial charge < -0.3 is 10.1 Å². The molecule has 0 bridgehead atoms. The predicted octanol–water partition coefficient (Wildman–Crippen LogP) is 3.88. The standard InChI is InChI=1S/C15H21Cl2NO2/c1-3-11(4-2)14(17)9-18-15(19)10-20-13-7-5-12(16)6-8-13/h5-8,11,14H,3-4,9-10H2,1-2H3,(H,18,19). The van der Waals surface area contributed by atoms with Gasteiger partial charge in [-0.25, -0.2) is 0 Å². The summed E-state index contributed by atoms with van der Waals surface area (Å²) >= 11 is 12.0. The first-order valence-corrected chi connectivity index (χ1v) is 7.67.